The lowest BCUT2D eigenvalue weighted by molar-refractivity contribution is -0.138. The predicted octanol–water partition coefficient (Wildman–Crippen LogP) is 2.56. The second-order valence-electron chi connectivity index (χ2n) is 4.98. The molecule has 2 aromatic rings. The Morgan fingerprint density at radius 1 is 1.29 bits per heavy atom. The van der Waals surface area contributed by atoms with Crippen LogP contribution in [0.2, 0.25) is 0 Å². The first-order valence-electron chi connectivity index (χ1n) is 7.23. The zero-order chi connectivity index (χ0) is 17.7. The van der Waals surface area contributed by atoms with E-state index < -0.39 is 23.7 Å². The number of nitrogens with two attached hydrogens (primary N) is 1. The van der Waals surface area contributed by atoms with Crippen molar-refractivity contribution in [2.24, 2.45) is 5.73 Å². The van der Waals surface area contributed by atoms with Crippen molar-refractivity contribution >= 4 is 17.6 Å². The first kappa shape index (κ1) is 17.3. The molecule has 0 aromatic heterocycles. The van der Waals surface area contributed by atoms with Gasteiger partial charge in [-0.2, -0.15) is 0 Å². The van der Waals surface area contributed by atoms with Crippen LogP contribution in [-0.2, 0) is 4.79 Å². The molecule has 1 atom stereocenters. The second-order valence-corrected chi connectivity index (χ2v) is 4.98. The van der Waals surface area contributed by atoms with Crippen molar-refractivity contribution < 1.29 is 23.8 Å². The van der Waals surface area contributed by atoms with Crippen molar-refractivity contribution in [2.45, 2.75) is 13.0 Å². The van der Waals surface area contributed by atoms with Gasteiger partial charge in [0.2, 0.25) is 5.91 Å². The van der Waals surface area contributed by atoms with Crippen LogP contribution >= 0.6 is 0 Å². The fourth-order valence-electron chi connectivity index (χ4n) is 2.18. The van der Waals surface area contributed by atoms with Crippen LogP contribution in [0, 0.1) is 5.82 Å². The van der Waals surface area contributed by atoms with Crippen molar-refractivity contribution in [2.75, 3.05) is 11.9 Å². The standard InChI is InChI=1S/C17H17FN2O4/c1-2-24-14-9-10(6-7-13(14)18)15(17(22)23)20-12-5-3-4-11(8-12)16(19)21/h3-9,15,20H,2H2,1H3,(H2,19,21)(H,22,23). The molecular formula is C17H17FN2O4. The van der Waals surface area contributed by atoms with E-state index in [1.54, 1.807) is 19.1 Å². The summed E-state index contributed by atoms with van der Waals surface area (Å²) in [4.78, 5) is 22.8. The van der Waals surface area contributed by atoms with Crippen molar-refractivity contribution in [1.29, 1.82) is 0 Å². The number of nitrogens with one attached hydrogen (secondary N) is 1. The Morgan fingerprint density at radius 3 is 2.67 bits per heavy atom. The summed E-state index contributed by atoms with van der Waals surface area (Å²) in [5, 5.41) is 12.3. The van der Waals surface area contributed by atoms with Crippen LogP contribution in [-0.4, -0.2) is 23.6 Å². The monoisotopic (exact) mass is 332 g/mol. The Kier molecular flexibility index (Phi) is 5.36. The minimum atomic E-state index is -1.16. The molecule has 126 valence electrons. The Labute approximate surface area is 138 Å². The molecule has 24 heavy (non-hydrogen) atoms. The molecule has 0 saturated carbocycles. The Morgan fingerprint density at radius 2 is 2.04 bits per heavy atom. The molecule has 2 aromatic carbocycles. The Bertz CT molecular complexity index is 764. The van der Waals surface area contributed by atoms with E-state index >= 15 is 0 Å². The molecule has 6 nitrogen and oxygen atoms in total. The molecule has 0 aliphatic heterocycles. The third kappa shape index (κ3) is 4.01. The summed E-state index contributed by atoms with van der Waals surface area (Å²) >= 11 is 0. The number of ether oxygens (including phenoxy) is 1. The van der Waals surface area contributed by atoms with Gasteiger partial charge < -0.3 is 20.9 Å². The quantitative estimate of drug-likeness (QED) is 0.723. The van der Waals surface area contributed by atoms with Gasteiger partial charge in [0.25, 0.3) is 0 Å². The molecule has 1 amide bonds. The fourth-order valence-corrected chi connectivity index (χ4v) is 2.18. The summed E-state index contributed by atoms with van der Waals surface area (Å²) in [5.74, 6) is -2.37. The number of carboxylic acids is 1. The van der Waals surface area contributed by atoms with Crippen LogP contribution in [0.1, 0.15) is 28.9 Å². The number of carbonyl (C=O) groups is 2. The summed E-state index contributed by atoms with van der Waals surface area (Å²) in [7, 11) is 0. The first-order valence-corrected chi connectivity index (χ1v) is 7.23. The number of primary amides is 1. The molecule has 2 rings (SSSR count). The van der Waals surface area contributed by atoms with Gasteiger partial charge in [-0.1, -0.05) is 12.1 Å². The van der Waals surface area contributed by atoms with Crippen molar-refractivity contribution in [1.82, 2.24) is 0 Å². The molecule has 0 fully saturated rings. The molecule has 0 spiro atoms. The average Bonchev–Trinajstić information content (AvgIpc) is 2.55. The van der Waals surface area contributed by atoms with Gasteiger partial charge in [-0.3, -0.25) is 4.79 Å². The zero-order valence-corrected chi connectivity index (χ0v) is 13.0. The number of halogens is 1. The smallest absolute Gasteiger partial charge is 0.330 e. The highest BCUT2D eigenvalue weighted by molar-refractivity contribution is 5.94. The van der Waals surface area contributed by atoms with E-state index in [4.69, 9.17) is 10.5 Å². The van der Waals surface area contributed by atoms with Crippen LogP contribution in [0.5, 0.6) is 5.75 Å². The lowest BCUT2D eigenvalue weighted by atomic mass is 10.1. The maximum absolute atomic E-state index is 13.6. The number of hydrogen-bond donors (Lipinski definition) is 3. The molecule has 0 aliphatic rings. The molecule has 0 bridgehead atoms. The van der Waals surface area contributed by atoms with Gasteiger partial charge in [0, 0.05) is 11.3 Å². The molecular weight excluding hydrogens is 315 g/mol. The first-order chi connectivity index (χ1) is 11.4. The summed E-state index contributed by atoms with van der Waals surface area (Å²) < 4.78 is 18.8. The molecule has 0 saturated heterocycles. The highest BCUT2D eigenvalue weighted by Gasteiger charge is 2.21. The maximum atomic E-state index is 13.6. The fraction of sp³-hybridized carbons (Fsp3) is 0.176. The van der Waals surface area contributed by atoms with Crippen molar-refractivity contribution in [3.05, 3.63) is 59.4 Å². The number of anilines is 1. The number of carbonyl (C=O) groups excluding carboxylic acids is 1. The lowest BCUT2D eigenvalue weighted by Gasteiger charge is -2.17. The molecule has 4 N–H and O–H groups in total. The van der Waals surface area contributed by atoms with Crippen LogP contribution in [0.3, 0.4) is 0 Å². The molecule has 7 heteroatoms. The molecule has 0 aliphatic carbocycles. The van der Waals surface area contributed by atoms with Crippen LogP contribution in [0.25, 0.3) is 0 Å². The van der Waals surface area contributed by atoms with Crippen molar-refractivity contribution in [3.8, 4) is 5.75 Å². The third-order valence-corrected chi connectivity index (χ3v) is 3.29. The number of hydrogen-bond acceptors (Lipinski definition) is 4. The van der Waals surface area contributed by atoms with E-state index in [1.807, 2.05) is 0 Å². The topological polar surface area (TPSA) is 102 Å². The SMILES string of the molecule is CCOc1cc(C(Nc2cccc(C(N)=O)c2)C(=O)O)ccc1F. The summed E-state index contributed by atoms with van der Waals surface area (Å²) in [6.07, 6.45) is 0. The summed E-state index contributed by atoms with van der Waals surface area (Å²) in [5.41, 5.74) is 6.18. The minimum Gasteiger partial charge on any atom is -0.491 e. The van der Waals surface area contributed by atoms with Crippen LogP contribution < -0.4 is 15.8 Å². The highest BCUT2D eigenvalue weighted by atomic mass is 19.1. The zero-order valence-electron chi connectivity index (χ0n) is 13.0. The van der Waals surface area contributed by atoms with Gasteiger partial charge in [0.1, 0.15) is 0 Å². The minimum absolute atomic E-state index is 0.0195. The van der Waals surface area contributed by atoms with E-state index in [-0.39, 0.29) is 17.9 Å². The number of rotatable bonds is 7. The predicted molar refractivity (Wildman–Crippen MR) is 86.5 cm³/mol. The lowest BCUT2D eigenvalue weighted by Crippen LogP contribution is -2.21. The second kappa shape index (κ2) is 7.45. The highest BCUT2D eigenvalue weighted by Crippen LogP contribution is 2.26. The van der Waals surface area contributed by atoms with Crippen LogP contribution in [0.4, 0.5) is 10.1 Å². The Hall–Kier alpha value is -3.09. The van der Waals surface area contributed by atoms with Gasteiger partial charge in [-0.25, -0.2) is 9.18 Å². The summed E-state index contributed by atoms with van der Waals surface area (Å²) in [6.45, 7) is 1.96. The van der Waals surface area contributed by atoms with E-state index in [9.17, 15) is 19.1 Å². The third-order valence-electron chi connectivity index (χ3n) is 3.29. The molecule has 0 heterocycles. The van der Waals surface area contributed by atoms with E-state index in [2.05, 4.69) is 5.32 Å². The number of aliphatic carboxylic acids is 1. The van der Waals surface area contributed by atoms with E-state index in [0.717, 1.165) is 6.07 Å². The largest absolute Gasteiger partial charge is 0.491 e. The number of carboxylic acid groups (broad SMARTS) is 1. The van der Waals surface area contributed by atoms with Gasteiger partial charge in [-0.15, -0.1) is 0 Å². The van der Waals surface area contributed by atoms with Gasteiger partial charge in [0.15, 0.2) is 17.6 Å². The van der Waals surface area contributed by atoms with Gasteiger partial charge in [-0.05, 0) is 42.8 Å². The number of benzene rings is 2. The van der Waals surface area contributed by atoms with E-state index in [1.165, 1.54) is 24.3 Å². The van der Waals surface area contributed by atoms with Gasteiger partial charge in [0.05, 0.1) is 6.61 Å². The van der Waals surface area contributed by atoms with Gasteiger partial charge >= 0.3 is 5.97 Å². The van der Waals surface area contributed by atoms with Crippen molar-refractivity contribution in [3.63, 3.8) is 0 Å². The van der Waals surface area contributed by atoms with Crippen LogP contribution in [0.15, 0.2) is 42.5 Å². The number of amides is 1. The average molecular weight is 332 g/mol. The van der Waals surface area contributed by atoms with E-state index in [0.29, 0.717) is 11.3 Å². The maximum Gasteiger partial charge on any atom is 0.330 e. The molecule has 1 unspecified atom stereocenters. The summed E-state index contributed by atoms with van der Waals surface area (Å²) in [6, 6.07) is 8.86. The Balaban J connectivity index is 2.33. The normalized spacial score (nSPS) is 11.6. The molecule has 0 radical (unpaired) electrons.